The molecular weight excluding hydrogens is 335 g/mol. The number of carbonyl (C=O) groups excluding carboxylic acids is 2. The molecular formula is C14H11ClF3N3O2. The molecule has 122 valence electrons. The molecule has 0 atom stereocenters. The van der Waals surface area contributed by atoms with Crippen LogP contribution in [0.3, 0.4) is 0 Å². The fraction of sp³-hybridized carbons (Fsp3) is 0.214. The third-order valence-electron chi connectivity index (χ3n) is 3.00. The molecule has 0 saturated carbocycles. The molecule has 1 aromatic carbocycles. The van der Waals surface area contributed by atoms with E-state index in [-0.39, 0.29) is 11.5 Å². The van der Waals surface area contributed by atoms with Crippen LogP contribution in [-0.2, 0) is 13.2 Å². The highest BCUT2D eigenvalue weighted by molar-refractivity contribution is 6.34. The normalized spacial score (nSPS) is 11.4. The lowest BCUT2D eigenvalue weighted by molar-refractivity contribution is -0.143. The summed E-state index contributed by atoms with van der Waals surface area (Å²) in [7, 11) is 1.04. The van der Waals surface area contributed by atoms with Crippen molar-refractivity contribution >= 4 is 29.0 Å². The monoisotopic (exact) mass is 345 g/mol. The first-order chi connectivity index (χ1) is 10.6. The van der Waals surface area contributed by atoms with E-state index in [0.717, 1.165) is 7.05 Å². The summed E-state index contributed by atoms with van der Waals surface area (Å²) in [4.78, 5) is 23.4. The van der Waals surface area contributed by atoms with Crippen molar-refractivity contribution in [2.24, 2.45) is 7.05 Å². The van der Waals surface area contributed by atoms with E-state index in [1.165, 1.54) is 25.1 Å². The van der Waals surface area contributed by atoms with Gasteiger partial charge in [-0.05, 0) is 19.1 Å². The molecule has 9 heteroatoms. The molecule has 0 aliphatic heterocycles. The summed E-state index contributed by atoms with van der Waals surface area (Å²) in [5.41, 5.74) is -1.15. The standard InChI is InChI=1S/C14H11ClF3N3O2/c1-7(22)8-4-3-5-9(6-8)19-13(23)11-10(15)12(14(16,17)18)21(2)20-11/h3-6H,1-2H3,(H,19,23). The zero-order chi connectivity index (χ0) is 17.4. The first kappa shape index (κ1) is 17.0. The number of rotatable bonds is 3. The molecule has 0 saturated heterocycles. The van der Waals surface area contributed by atoms with Crippen molar-refractivity contribution in [3.05, 3.63) is 46.2 Å². The summed E-state index contributed by atoms with van der Waals surface area (Å²) in [6.45, 7) is 1.35. The molecule has 2 rings (SSSR count). The number of benzene rings is 1. The number of nitrogens with zero attached hydrogens (tertiary/aromatic N) is 2. The maximum atomic E-state index is 12.8. The SMILES string of the molecule is CC(=O)c1cccc(NC(=O)c2nn(C)c(C(F)(F)F)c2Cl)c1. The predicted octanol–water partition coefficient (Wildman–Crippen LogP) is 3.55. The summed E-state index contributed by atoms with van der Waals surface area (Å²) in [5, 5.41) is 5.11. The number of nitrogens with one attached hydrogen (secondary N) is 1. The molecule has 1 N–H and O–H groups in total. The zero-order valence-corrected chi connectivity index (χ0v) is 12.8. The average Bonchev–Trinajstić information content (AvgIpc) is 2.74. The van der Waals surface area contributed by atoms with Gasteiger partial charge in [-0.15, -0.1) is 0 Å². The molecule has 1 amide bonds. The molecule has 0 spiro atoms. The molecule has 0 aliphatic carbocycles. The molecule has 0 aliphatic rings. The molecule has 23 heavy (non-hydrogen) atoms. The van der Waals surface area contributed by atoms with Gasteiger partial charge in [0.05, 0.1) is 0 Å². The van der Waals surface area contributed by atoms with Crippen LogP contribution in [0.4, 0.5) is 18.9 Å². The highest BCUT2D eigenvalue weighted by Crippen LogP contribution is 2.36. The van der Waals surface area contributed by atoms with Gasteiger partial charge in [-0.1, -0.05) is 23.7 Å². The van der Waals surface area contributed by atoms with Gasteiger partial charge in [0.1, 0.15) is 5.02 Å². The molecule has 1 aromatic heterocycles. The summed E-state index contributed by atoms with van der Waals surface area (Å²) < 4.78 is 39.0. The van der Waals surface area contributed by atoms with Crippen LogP contribution in [0.2, 0.25) is 5.02 Å². The minimum atomic E-state index is -4.73. The van der Waals surface area contributed by atoms with E-state index in [9.17, 15) is 22.8 Å². The molecule has 0 bridgehead atoms. The number of carbonyl (C=O) groups is 2. The van der Waals surface area contributed by atoms with Gasteiger partial charge < -0.3 is 5.32 Å². The van der Waals surface area contributed by atoms with Crippen molar-refractivity contribution in [2.75, 3.05) is 5.32 Å². The fourth-order valence-corrected chi connectivity index (χ4v) is 2.31. The lowest BCUT2D eigenvalue weighted by Gasteiger charge is -2.06. The number of anilines is 1. The van der Waals surface area contributed by atoms with Gasteiger partial charge in [-0.3, -0.25) is 14.3 Å². The minimum Gasteiger partial charge on any atom is -0.321 e. The van der Waals surface area contributed by atoms with Crippen LogP contribution in [0, 0.1) is 0 Å². The molecule has 2 aromatic rings. The topological polar surface area (TPSA) is 64.0 Å². The number of hydrogen-bond donors (Lipinski definition) is 1. The Labute approximate surface area is 134 Å². The van der Waals surface area contributed by atoms with Gasteiger partial charge in [0.2, 0.25) is 0 Å². The lowest BCUT2D eigenvalue weighted by Crippen LogP contribution is -2.13. The molecule has 0 radical (unpaired) electrons. The maximum Gasteiger partial charge on any atom is 0.434 e. The molecule has 1 heterocycles. The van der Waals surface area contributed by atoms with Gasteiger partial charge in [0.25, 0.3) is 5.91 Å². The van der Waals surface area contributed by atoms with E-state index >= 15 is 0 Å². The van der Waals surface area contributed by atoms with E-state index in [1.807, 2.05) is 0 Å². The number of aryl methyl sites for hydroxylation is 1. The first-order valence-electron chi connectivity index (χ1n) is 6.33. The Morgan fingerprint density at radius 1 is 1.30 bits per heavy atom. The van der Waals surface area contributed by atoms with Crippen LogP contribution in [-0.4, -0.2) is 21.5 Å². The van der Waals surface area contributed by atoms with Crippen LogP contribution in [0.15, 0.2) is 24.3 Å². The van der Waals surface area contributed by atoms with Crippen molar-refractivity contribution in [3.63, 3.8) is 0 Å². The van der Waals surface area contributed by atoms with Crippen LogP contribution < -0.4 is 5.32 Å². The van der Waals surface area contributed by atoms with Crippen molar-refractivity contribution in [2.45, 2.75) is 13.1 Å². The fourth-order valence-electron chi connectivity index (χ4n) is 1.96. The van der Waals surface area contributed by atoms with E-state index in [2.05, 4.69) is 10.4 Å². The second kappa shape index (κ2) is 6.04. The highest BCUT2D eigenvalue weighted by Gasteiger charge is 2.40. The Hall–Kier alpha value is -2.35. The largest absolute Gasteiger partial charge is 0.434 e. The third kappa shape index (κ3) is 3.53. The highest BCUT2D eigenvalue weighted by atomic mass is 35.5. The number of alkyl halides is 3. The second-order valence-corrected chi connectivity index (χ2v) is 5.10. The van der Waals surface area contributed by atoms with Crippen LogP contribution in [0.5, 0.6) is 0 Å². The Kier molecular flexibility index (Phi) is 4.46. The zero-order valence-electron chi connectivity index (χ0n) is 12.0. The average molecular weight is 346 g/mol. The van der Waals surface area contributed by atoms with Crippen molar-refractivity contribution < 1.29 is 22.8 Å². The Bertz CT molecular complexity index is 784. The number of hydrogen-bond acceptors (Lipinski definition) is 3. The van der Waals surface area contributed by atoms with E-state index in [4.69, 9.17) is 11.6 Å². The smallest absolute Gasteiger partial charge is 0.321 e. The van der Waals surface area contributed by atoms with Crippen molar-refractivity contribution in [1.82, 2.24) is 9.78 Å². The predicted molar refractivity (Wildman–Crippen MR) is 77.6 cm³/mol. The number of ketones is 1. The van der Waals surface area contributed by atoms with Gasteiger partial charge in [0, 0.05) is 18.3 Å². The number of aromatic nitrogens is 2. The number of halogens is 4. The summed E-state index contributed by atoms with van der Waals surface area (Å²) in [6, 6.07) is 5.98. The molecule has 0 fully saturated rings. The lowest BCUT2D eigenvalue weighted by atomic mass is 10.1. The van der Waals surface area contributed by atoms with Gasteiger partial charge in [-0.25, -0.2) is 0 Å². The van der Waals surface area contributed by atoms with Gasteiger partial charge in [-0.2, -0.15) is 18.3 Å². The van der Waals surface area contributed by atoms with Gasteiger partial charge in [0.15, 0.2) is 17.2 Å². The Balaban J connectivity index is 2.32. The Morgan fingerprint density at radius 3 is 2.48 bits per heavy atom. The number of Topliss-reactive ketones (excluding diaryl/α,β-unsaturated/α-hetero) is 1. The third-order valence-corrected chi connectivity index (χ3v) is 3.36. The van der Waals surface area contributed by atoms with Crippen molar-refractivity contribution in [3.8, 4) is 0 Å². The first-order valence-corrected chi connectivity index (χ1v) is 6.71. The van der Waals surface area contributed by atoms with Gasteiger partial charge >= 0.3 is 6.18 Å². The minimum absolute atomic E-state index is 0.212. The molecule has 5 nitrogen and oxygen atoms in total. The van der Waals surface area contributed by atoms with E-state index in [0.29, 0.717) is 10.2 Å². The Morgan fingerprint density at radius 2 is 1.96 bits per heavy atom. The quantitative estimate of drug-likeness (QED) is 0.865. The van der Waals surface area contributed by atoms with Crippen LogP contribution in [0.1, 0.15) is 33.5 Å². The van der Waals surface area contributed by atoms with Crippen LogP contribution >= 0.6 is 11.6 Å². The maximum absolute atomic E-state index is 12.8. The van der Waals surface area contributed by atoms with Crippen molar-refractivity contribution in [1.29, 1.82) is 0 Å². The second-order valence-electron chi connectivity index (χ2n) is 4.72. The summed E-state index contributed by atoms with van der Waals surface area (Å²) >= 11 is 5.64. The number of amides is 1. The van der Waals surface area contributed by atoms with E-state index < -0.39 is 28.5 Å². The van der Waals surface area contributed by atoms with E-state index in [1.54, 1.807) is 6.07 Å². The summed E-state index contributed by atoms with van der Waals surface area (Å²) in [5.74, 6) is -1.11. The summed E-state index contributed by atoms with van der Waals surface area (Å²) in [6.07, 6.45) is -4.73. The molecule has 0 unspecified atom stereocenters. The van der Waals surface area contributed by atoms with Crippen LogP contribution in [0.25, 0.3) is 0 Å².